The Morgan fingerprint density at radius 3 is 1.69 bits per heavy atom. The second-order valence-electron chi connectivity index (χ2n) is 10.3. The Bertz CT molecular complexity index is 4400. The summed E-state index contributed by atoms with van der Waals surface area (Å²) >= 11 is 0. The summed E-state index contributed by atoms with van der Waals surface area (Å²) in [5, 5.41) is -3.82. The van der Waals surface area contributed by atoms with Crippen LogP contribution in [0, 0.1) is 0 Å². The molecule has 0 bridgehead atoms. The number of aromatic nitrogens is 1. The summed E-state index contributed by atoms with van der Waals surface area (Å²) < 4.78 is 277. The lowest BCUT2D eigenvalue weighted by Crippen LogP contribution is -2.10. The number of para-hydroxylation sites is 3. The highest BCUT2D eigenvalue weighted by molar-refractivity contribution is 6.22. The highest BCUT2D eigenvalue weighted by Gasteiger charge is 2.22. The summed E-state index contributed by atoms with van der Waals surface area (Å²) in [4.78, 5) is 0.419. The number of nitrogens with zero attached hydrogens (tertiary/aromatic N) is 2. The third-order valence-electron chi connectivity index (χ3n) is 7.62. The van der Waals surface area contributed by atoms with Gasteiger partial charge in [0.05, 0.1) is 63.2 Å². The van der Waals surface area contributed by atoms with E-state index in [0.717, 1.165) is 0 Å². The maximum absolute atomic E-state index is 9.97. The van der Waals surface area contributed by atoms with E-state index in [1.54, 1.807) is 0 Å². The van der Waals surface area contributed by atoms with Gasteiger partial charge in [0.25, 0.3) is 0 Å². The third kappa shape index (κ3) is 4.37. The fraction of sp³-hybridized carbons (Fsp3) is 0. The fourth-order valence-corrected chi connectivity index (χ4v) is 5.57. The Morgan fingerprint density at radius 1 is 0.469 bits per heavy atom. The molecule has 0 saturated heterocycles. The molecule has 49 heavy (non-hydrogen) atoms. The van der Waals surface area contributed by atoms with Gasteiger partial charge < -0.3 is 13.9 Å². The van der Waals surface area contributed by atoms with Crippen LogP contribution in [0.5, 0.6) is 0 Å². The summed E-state index contributed by atoms with van der Waals surface area (Å²) in [5.74, 6) is 0. The Labute approximate surface area is 325 Å². The van der Waals surface area contributed by atoms with Crippen LogP contribution in [0.3, 0.4) is 0 Å². The van der Waals surface area contributed by atoms with Gasteiger partial charge in [-0.15, -0.1) is 0 Å². The van der Waals surface area contributed by atoms with Gasteiger partial charge in [0.15, 0.2) is 0 Å². The average molecular weight is 657 g/mol. The number of hydrogen-bond acceptors (Lipinski definition) is 2. The molecule has 0 atom stereocenters. The minimum atomic E-state index is -1.29. The molecule has 230 valence electrons. The summed E-state index contributed by atoms with van der Waals surface area (Å²) in [7, 11) is 0. The first-order valence-electron chi connectivity index (χ1n) is 29.2. The van der Waals surface area contributed by atoms with Gasteiger partial charge in [-0.2, -0.15) is 0 Å². The van der Waals surface area contributed by atoms with E-state index in [0.29, 0.717) is 9.47 Å². The Morgan fingerprint density at radius 2 is 1.00 bits per heavy atom. The standard InChI is InChI=1S/C46H30N2O/c1-2-12-31(13-3-1)32-22-24-34(25-23-32)47(43-30-33-14-4-5-15-37(33)46-45(43)40-18-8-11-21-44(40)49-46)35-26-28-36(29-27-35)48-41-19-9-6-16-38(41)39-17-7-10-20-42(39)48/h1-30H/i1D,2D,3D,4D,5D,6D,7D,8D,9D,10D,11D,12D,13D,14D,15D,16D,17D,18D,19D,20D,21D,22D,23D,24D,25D,26D,27D,28D,29D,30D. The second kappa shape index (κ2) is 11.0. The van der Waals surface area contributed by atoms with E-state index in [-0.39, 0.29) is 0 Å². The molecule has 0 unspecified atom stereocenters. The lowest BCUT2D eigenvalue weighted by atomic mass is 10.0. The predicted molar refractivity (Wildman–Crippen MR) is 206 cm³/mol. The molecule has 10 aromatic rings. The van der Waals surface area contributed by atoms with Crippen molar-refractivity contribution in [3.8, 4) is 16.8 Å². The van der Waals surface area contributed by atoms with Crippen LogP contribution in [0.25, 0.3) is 71.3 Å². The van der Waals surface area contributed by atoms with Crippen LogP contribution < -0.4 is 4.90 Å². The largest absolute Gasteiger partial charge is 0.455 e. The maximum Gasteiger partial charge on any atom is 0.145 e. The van der Waals surface area contributed by atoms with Crippen LogP contribution in [-0.2, 0) is 0 Å². The minimum absolute atomic E-state index is 0.419. The first-order chi connectivity index (χ1) is 36.8. The Balaban J connectivity index is 1.48. The normalized spacial score (nSPS) is 20.2. The van der Waals surface area contributed by atoms with Crippen molar-refractivity contribution in [3.05, 3.63) is 181 Å². The molecule has 0 spiro atoms. The zero-order chi connectivity index (χ0) is 58.4. The molecule has 0 fully saturated rings. The topological polar surface area (TPSA) is 21.3 Å². The highest BCUT2D eigenvalue weighted by atomic mass is 16.3. The molecule has 0 N–H and O–H groups in total. The van der Waals surface area contributed by atoms with Crippen molar-refractivity contribution in [2.45, 2.75) is 0 Å². The van der Waals surface area contributed by atoms with Crippen molar-refractivity contribution in [2.75, 3.05) is 4.90 Å². The molecule has 0 radical (unpaired) electrons. The third-order valence-corrected chi connectivity index (χ3v) is 7.62. The lowest BCUT2D eigenvalue weighted by Gasteiger charge is -2.27. The number of benzene rings is 8. The van der Waals surface area contributed by atoms with Gasteiger partial charge >= 0.3 is 0 Å². The number of hydrogen-bond donors (Lipinski definition) is 0. The molecule has 8 aromatic carbocycles. The first-order valence-corrected chi connectivity index (χ1v) is 14.2. The minimum Gasteiger partial charge on any atom is -0.455 e. The van der Waals surface area contributed by atoms with E-state index in [2.05, 4.69) is 0 Å². The van der Waals surface area contributed by atoms with Crippen molar-refractivity contribution in [1.29, 1.82) is 0 Å². The predicted octanol–water partition coefficient (Wildman–Crippen LogP) is 13.0. The summed E-state index contributed by atoms with van der Waals surface area (Å²) in [6.45, 7) is 0. The molecule has 2 aromatic heterocycles. The molecule has 2 heterocycles. The van der Waals surface area contributed by atoms with Gasteiger partial charge in [-0.25, -0.2) is 0 Å². The van der Waals surface area contributed by atoms with Gasteiger partial charge in [0.2, 0.25) is 0 Å². The molecule has 3 nitrogen and oxygen atoms in total. The maximum atomic E-state index is 9.97. The van der Waals surface area contributed by atoms with E-state index in [9.17, 15) is 12.3 Å². The van der Waals surface area contributed by atoms with Gasteiger partial charge in [-0.05, 0) is 76.9 Å². The van der Waals surface area contributed by atoms with Crippen LogP contribution in [0.15, 0.2) is 186 Å². The van der Waals surface area contributed by atoms with Crippen molar-refractivity contribution < 1.29 is 45.5 Å². The van der Waals surface area contributed by atoms with Crippen LogP contribution in [0.1, 0.15) is 41.1 Å². The molecular weight excluding hydrogens is 597 g/mol. The van der Waals surface area contributed by atoms with Crippen LogP contribution in [0.2, 0.25) is 0 Å². The SMILES string of the molecule is [2H]c1c([2H])c([2H])c(-c2c([2H])c([2H])c(N(c3c([2H])c([2H])c(-n4c5c([2H])c([2H])c([2H])c([2H])c5c5c([2H])c([2H])c([2H])c([2H])c54)c([2H])c3[2H])c3c([2H])c4c([2H])c([2H])c([2H])c([2H])c4c4oc5c([2H])c([2H])c([2H])c([2H])c5c34)c([2H])c2[2H])c([2H])c1[2H]. The van der Waals surface area contributed by atoms with Crippen LogP contribution >= 0.6 is 0 Å². The molecule has 0 aliphatic heterocycles. The average Bonchev–Trinajstić information content (AvgIpc) is 4.12. The fourth-order valence-electron chi connectivity index (χ4n) is 5.57. The zero-order valence-corrected chi connectivity index (χ0v) is 24.3. The van der Waals surface area contributed by atoms with E-state index in [1.165, 1.54) is 0 Å². The van der Waals surface area contributed by atoms with E-state index >= 15 is 0 Å². The Kier molecular flexibility index (Phi) is 2.47. The van der Waals surface area contributed by atoms with Gasteiger partial charge in [0.1, 0.15) is 11.2 Å². The van der Waals surface area contributed by atoms with Crippen molar-refractivity contribution in [2.24, 2.45) is 0 Å². The molecule has 10 rings (SSSR count). The van der Waals surface area contributed by atoms with Crippen LogP contribution in [0.4, 0.5) is 17.1 Å². The number of furan rings is 1. The smallest absolute Gasteiger partial charge is 0.145 e. The van der Waals surface area contributed by atoms with Gasteiger partial charge in [0, 0.05) is 38.6 Å². The molecule has 0 aliphatic rings. The summed E-state index contributed by atoms with van der Waals surface area (Å²) in [6.07, 6.45) is 0. The molecule has 3 heteroatoms. The molecule has 0 saturated carbocycles. The Hall–Kier alpha value is -6.58. The first kappa shape index (κ1) is 11.0. The molecular formula is C46H30N2O. The lowest BCUT2D eigenvalue weighted by molar-refractivity contribution is 0.672. The van der Waals surface area contributed by atoms with Crippen molar-refractivity contribution in [1.82, 2.24) is 4.57 Å². The summed E-state index contributed by atoms with van der Waals surface area (Å²) in [5.41, 5.74) is -8.73. The van der Waals surface area contributed by atoms with Gasteiger partial charge in [-0.3, -0.25) is 0 Å². The highest BCUT2D eigenvalue weighted by Crippen LogP contribution is 2.46. The van der Waals surface area contributed by atoms with E-state index in [4.69, 9.17) is 33.2 Å². The zero-order valence-electron chi connectivity index (χ0n) is 54.3. The molecule has 0 aliphatic carbocycles. The number of anilines is 3. The molecule has 0 amide bonds. The quantitative estimate of drug-likeness (QED) is 0.184. The van der Waals surface area contributed by atoms with E-state index in [1.807, 2.05) is 0 Å². The summed E-state index contributed by atoms with van der Waals surface area (Å²) in [6, 6.07) is -30.2. The number of fused-ring (bicyclic) bond motifs is 8. The van der Waals surface area contributed by atoms with Gasteiger partial charge in [-0.1, -0.05) is 121 Å². The van der Waals surface area contributed by atoms with Crippen LogP contribution in [-0.4, -0.2) is 4.57 Å². The van der Waals surface area contributed by atoms with Crippen molar-refractivity contribution >= 4 is 71.6 Å². The van der Waals surface area contributed by atoms with Crippen molar-refractivity contribution in [3.63, 3.8) is 0 Å². The van der Waals surface area contributed by atoms with E-state index < -0.39 is 270 Å². The second-order valence-corrected chi connectivity index (χ2v) is 10.3. The monoisotopic (exact) mass is 656 g/mol. The number of rotatable bonds is 5.